The van der Waals surface area contributed by atoms with Crippen molar-refractivity contribution in [1.29, 1.82) is 5.26 Å². The van der Waals surface area contributed by atoms with E-state index in [1.165, 1.54) is 12.1 Å². The van der Waals surface area contributed by atoms with Crippen molar-refractivity contribution in [2.24, 2.45) is 0 Å². The summed E-state index contributed by atoms with van der Waals surface area (Å²) >= 11 is 11.6. The Hall–Kier alpha value is -2.76. The van der Waals surface area contributed by atoms with E-state index in [9.17, 15) is 14.5 Å². The zero-order chi connectivity index (χ0) is 17.0. The summed E-state index contributed by atoms with van der Waals surface area (Å²) in [5.74, 6) is -1.07. The molecule has 0 amide bonds. The third kappa shape index (κ3) is 3.91. The lowest BCUT2D eigenvalue weighted by Crippen LogP contribution is -2.03. The van der Waals surface area contributed by atoms with Crippen LogP contribution in [0.15, 0.2) is 24.4 Å². The summed E-state index contributed by atoms with van der Waals surface area (Å²) < 4.78 is 14.1. The lowest BCUT2D eigenvalue weighted by atomic mass is 10.2. The molecule has 0 fully saturated rings. The van der Waals surface area contributed by atoms with E-state index in [0.29, 0.717) is 5.56 Å². The van der Waals surface area contributed by atoms with Crippen LogP contribution in [0.1, 0.15) is 5.56 Å². The molecule has 0 aliphatic rings. The van der Waals surface area contributed by atoms with Gasteiger partial charge in [0.25, 0.3) is 0 Å². The van der Waals surface area contributed by atoms with E-state index in [1.54, 1.807) is 6.07 Å². The van der Waals surface area contributed by atoms with E-state index in [0.717, 1.165) is 18.3 Å². The highest BCUT2D eigenvalue weighted by molar-refractivity contribution is 6.33. The van der Waals surface area contributed by atoms with E-state index < -0.39 is 16.4 Å². The minimum absolute atomic E-state index is 0.0494. The number of nitro groups is 1. The topological polar surface area (TPSA) is 105 Å². The van der Waals surface area contributed by atoms with Gasteiger partial charge in [-0.25, -0.2) is 9.37 Å². The number of rotatable bonds is 4. The van der Waals surface area contributed by atoms with Crippen LogP contribution in [0.5, 0.6) is 0 Å². The third-order valence-electron chi connectivity index (χ3n) is 2.59. The number of benzene rings is 1. The molecule has 0 spiro atoms. The van der Waals surface area contributed by atoms with Gasteiger partial charge in [0.15, 0.2) is 0 Å². The molecule has 0 unspecified atom stereocenters. The number of hydrogen-bond donors (Lipinski definition) is 1. The second-order valence-corrected chi connectivity index (χ2v) is 4.82. The highest BCUT2D eigenvalue weighted by Gasteiger charge is 2.20. The first-order valence-corrected chi connectivity index (χ1v) is 6.67. The monoisotopic (exact) mass is 353 g/mol. The van der Waals surface area contributed by atoms with Crippen molar-refractivity contribution in [2.45, 2.75) is 0 Å². The van der Waals surface area contributed by atoms with Crippen molar-refractivity contribution in [3.8, 4) is 6.07 Å². The number of aromatic nitrogens is 2. The average Bonchev–Trinajstić information content (AvgIpc) is 2.48. The van der Waals surface area contributed by atoms with Crippen LogP contribution < -0.4 is 5.32 Å². The summed E-state index contributed by atoms with van der Waals surface area (Å²) in [6.07, 6.45) is 3.42. The average molecular weight is 354 g/mol. The van der Waals surface area contributed by atoms with Gasteiger partial charge in [0, 0.05) is 6.08 Å². The molecule has 0 aliphatic carbocycles. The van der Waals surface area contributed by atoms with Gasteiger partial charge in [-0.05, 0) is 35.4 Å². The summed E-state index contributed by atoms with van der Waals surface area (Å²) in [6.45, 7) is 0. The minimum Gasteiger partial charge on any atom is -0.331 e. The van der Waals surface area contributed by atoms with E-state index in [1.807, 2.05) is 0 Å². The molecule has 0 aliphatic heterocycles. The Balaban J connectivity index is 2.46. The van der Waals surface area contributed by atoms with Gasteiger partial charge in [-0.3, -0.25) is 10.1 Å². The number of nitrogens with one attached hydrogen (secondary N) is 1. The molecule has 10 heteroatoms. The van der Waals surface area contributed by atoms with Crippen LogP contribution in [0.4, 0.5) is 21.6 Å². The summed E-state index contributed by atoms with van der Waals surface area (Å²) in [4.78, 5) is 17.4. The maximum atomic E-state index is 14.1. The maximum Gasteiger partial charge on any atom is 0.329 e. The van der Waals surface area contributed by atoms with Crippen molar-refractivity contribution in [1.82, 2.24) is 9.97 Å². The van der Waals surface area contributed by atoms with Gasteiger partial charge in [-0.15, -0.1) is 0 Å². The fourth-order valence-corrected chi connectivity index (χ4v) is 2.04. The Kier molecular flexibility index (Phi) is 5.05. The van der Waals surface area contributed by atoms with Crippen molar-refractivity contribution in [3.63, 3.8) is 0 Å². The van der Waals surface area contributed by atoms with Gasteiger partial charge in [0.1, 0.15) is 12.0 Å². The Labute approximate surface area is 139 Å². The molecule has 1 heterocycles. The normalized spacial score (nSPS) is 10.5. The van der Waals surface area contributed by atoms with Crippen LogP contribution in [0, 0.1) is 27.3 Å². The van der Waals surface area contributed by atoms with E-state index >= 15 is 0 Å². The Bertz CT molecular complexity index is 828. The molecule has 0 saturated heterocycles. The van der Waals surface area contributed by atoms with Crippen LogP contribution in [0.25, 0.3) is 6.08 Å². The van der Waals surface area contributed by atoms with Gasteiger partial charge >= 0.3 is 5.69 Å². The van der Waals surface area contributed by atoms with Crippen molar-refractivity contribution >= 4 is 46.5 Å². The molecule has 0 bridgehead atoms. The van der Waals surface area contributed by atoms with Crippen molar-refractivity contribution in [2.75, 3.05) is 5.32 Å². The Morgan fingerprint density at radius 1 is 1.43 bits per heavy atom. The Morgan fingerprint density at radius 2 is 2.17 bits per heavy atom. The minimum atomic E-state index is -0.779. The smallest absolute Gasteiger partial charge is 0.329 e. The summed E-state index contributed by atoms with van der Waals surface area (Å²) in [5.41, 5.74) is -0.341. The third-order valence-corrected chi connectivity index (χ3v) is 3.08. The van der Waals surface area contributed by atoms with E-state index in [2.05, 4.69) is 15.3 Å². The molecule has 0 saturated carbocycles. The number of halogens is 3. The van der Waals surface area contributed by atoms with Gasteiger partial charge in [0.2, 0.25) is 11.1 Å². The molecule has 116 valence electrons. The predicted octanol–water partition coefficient (Wildman–Crippen LogP) is 4.11. The van der Waals surface area contributed by atoms with Crippen LogP contribution in [-0.2, 0) is 0 Å². The molecule has 23 heavy (non-hydrogen) atoms. The van der Waals surface area contributed by atoms with Gasteiger partial charge in [-0.1, -0.05) is 11.6 Å². The Morgan fingerprint density at radius 3 is 2.78 bits per heavy atom. The molecular weight excluding hydrogens is 348 g/mol. The number of hydrogen-bond acceptors (Lipinski definition) is 6. The fraction of sp³-hybridized carbons (Fsp3) is 0. The first kappa shape index (κ1) is 16.6. The number of nitriles is 1. The molecule has 1 aromatic heterocycles. The largest absolute Gasteiger partial charge is 0.331 e. The molecule has 2 rings (SSSR count). The van der Waals surface area contributed by atoms with Gasteiger partial charge in [0.05, 0.1) is 21.7 Å². The second kappa shape index (κ2) is 7.00. The maximum absolute atomic E-state index is 14.1. The highest BCUT2D eigenvalue weighted by Crippen LogP contribution is 2.33. The SMILES string of the molecule is N#C/C=C/c1cc(F)c(Nc2nc(Cl)ncc2[N+](=O)[O-])c(Cl)c1. The fourth-order valence-electron chi connectivity index (χ4n) is 1.64. The molecular formula is C13H6Cl2FN5O2. The standard InChI is InChI=1S/C13H6Cl2FN5O2/c14-8-4-7(2-1-3-17)5-9(16)11(8)19-12-10(21(22)23)6-18-13(15)20-12/h1-2,4-6H,(H,18,19,20)/b2-1+. The summed E-state index contributed by atoms with van der Waals surface area (Å²) in [6, 6.07) is 4.26. The highest BCUT2D eigenvalue weighted by atomic mass is 35.5. The van der Waals surface area contributed by atoms with Crippen LogP contribution in [-0.4, -0.2) is 14.9 Å². The molecule has 0 radical (unpaired) electrons. The van der Waals surface area contributed by atoms with E-state index in [4.69, 9.17) is 28.5 Å². The molecule has 2 aromatic rings. The summed E-state index contributed by atoms with van der Waals surface area (Å²) in [5, 5.41) is 21.5. The molecule has 7 nitrogen and oxygen atoms in total. The van der Waals surface area contributed by atoms with Crippen molar-refractivity contribution in [3.05, 3.63) is 56.2 Å². The van der Waals surface area contributed by atoms with Crippen molar-refractivity contribution < 1.29 is 9.31 Å². The first-order chi connectivity index (χ1) is 10.9. The zero-order valence-corrected chi connectivity index (χ0v) is 12.6. The number of allylic oxidation sites excluding steroid dienone is 1. The van der Waals surface area contributed by atoms with Crippen LogP contribution in [0.2, 0.25) is 10.3 Å². The summed E-state index contributed by atoms with van der Waals surface area (Å²) in [7, 11) is 0. The second-order valence-electron chi connectivity index (χ2n) is 4.08. The molecule has 1 aromatic carbocycles. The number of anilines is 2. The quantitative estimate of drug-likeness (QED) is 0.383. The zero-order valence-electron chi connectivity index (χ0n) is 11.1. The van der Waals surface area contributed by atoms with Crippen LogP contribution >= 0.6 is 23.2 Å². The van der Waals surface area contributed by atoms with Crippen LogP contribution in [0.3, 0.4) is 0 Å². The lowest BCUT2D eigenvalue weighted by Gasteiger charge is -2.10. The van der Waals surface area contributed by atoms with Gasteiger partial charge in [-0.2, -0.15) is 10.2 Å². The predicted molar refractivity (Wildman–Crippen MR) is 83.0 cm³/mol. The van der Waals surface area contributed by atoms with Gasteiger partial charge < -0.3 is 5.32 Å². The lowest BCUT2D eigenvalue weighted by molar-refractivity contribution is -0.384. The molecule has 1 N–H and O–H groups in total. The first-order valence-electron chi connectivity index (χ1n) is 5.91. The number of nitrogens with zero attached hydrogens (tertiary/aromatic N) is 4. The van der Waals surface area contributed by atoms with E-state index in [-0.39, 0.29) is 21.8 Å². The molecule has 0 atom stereocenters.